The zero-order valence-corrected chi connectivity index (χ0v) is 14.7. The fraction of sp³-hybridized carbons (Fsp3) is 0.316. The molecule has 2 aromatic rings. The van der Waals surface area contributed by atoms with Crippen LogP contribution in [0.25, 0.3) is 0 Å². The van der Waals surface area contributed by atoms with Crippen LogP contribution in [0.4, 0.5) is 0 Å². The van der Waals surface area contributed by atoms with E-state index in [1.165, 1.54) is 12.3 Å². The van der Waals surface area contributed by atoms with Gasteiger partial charge in [-0.05, 0) is 31.5 Å². The third-order valence-electron chi connectivity index (χ3n) is 3.88. The highest BCUT2D eigenvalue weighted by Crippen LogP contribution is 2.16. The summed E-state index contributed by atoms with van der Waals surface area (Å²) in [6.07, 6.45) is 2.29. The molecule has 0 saturated heterocycles. The predicted molar refractivity (Wildman–Crippen MR) is 95.6 cm³/mol. The Kier molecular flexibility index (Phi) is 6.51. The highest BCUT2D eigenvalue weighted by Gasteiger charge is 2.13. The highest BCUT2D eigenvalue weighted by atomic mass is 16.5. The minimum Gasteiger partial charge on any atom is -0.496 e. The van der Waals surface area contributed by atoms with Crippen molar-refractivity contribution in [2.45, 2.75) is 32.9 Å². The SMILES string of the molecule is CCC(C)NC(=O)c1cc(C(=O)NCc2ccccc2OC)ccn1. The molecule has 1 heterocycles. The number of carbonyl (C=O) groups is 2. The molecule has 1 unspecified atom stereocenters. The largest absolute Gasteiger partial charge is 0.496 e. The van der Waals surface area contributed by atoms with E-state index in [0.29, 0.717) is 17.9 Å². The first kappa shape index (κ1) is 18.4. The van der Waals surface area contributed by atoms with Crippen LogP contribution in [0.3, 0.4) is 0 Å². The maximum atomic E-state index is 12.4. The monoisotopic (exact) mass is 341 g/mol. The fourth-order valence-electron chi connectivity index (χ4n) is 2.22. The van der Waals surface area contributed by atoms with Crippen molar-refractivity contribution in [1.29, 1.82) is 0 Å². The summed E-state index contributed by atoms with van der Waals surface area (Å²) >= 11 is 0. The molecule has 0 fully saturated rings. The highest BCUT2D eigenvalue weighted by molar-refractivity contribution is 5.98. The number of para-hydroxylation sites is 1. The lowest BCUT2D eigenvalue weighted by atomic mass is 10.1. The fourth-order valence-corrected chi connectivity index (χ4v) is 2.22. The number of hydrogen-bond acceptors (Lipinski definition) is 4. The third-order valence-corrected chi connectivity index (χ3v) is 3.88. The van der Waals surface area contributed by atoms with Gasteiger partial charge in [0, 0.05) is 29.9 Å². The van der Waals surface area contributed by atoms with Gasteiger partial charge in [0.2, 0.25) is 0 Å². The van der Waals surface area contributed by atoms with E-state index in [4.69, 9.17) is 4.74 Å². The van der Waals surface area contributed by atoms with Crippen LogP contribution >= 0.6 is 0 Å². The second-order valence-corrected chi connectivity index (χ2v) is 5.71. The van der Waals surface area contributed by atoms with Crippen LogP contribution in [-0.4, -0.2) is 29.9 Å². The summed E-state index contributed by atoms with van der Waals surface area (Å²) in [5.41, 5.74) is 1.49. The Bertz CT molecular complexity index is 746. The summed E-state index contributed by atoms with van der Waals surface area (Å²) < 4.78 is 5.27. The summed E-state index contributed by atoms with van der Waals surface area (Å²) in [6.45, 7) is 4.24. The molecule has 2 amide bonds. The summed E-state index contributed by atoms with van der Waals surface area (Å²) in [4.78, 5) is 28.5. The number of amides is 2. The third kappa shape index (κ3) is 5.04. The molecule has 25 heavy (non-hydrogen) atoms. The summed E-state index contributed by atoms with van der Waals surface area (Å²) in [7, 11) is 1.59. The molecule has 132 valence electrons. The Labute approximate surface area is 147 Å². The summed E-state index contributed by atoms with van der Waals surface area (Å²) in [5, 5.41) is 5.66. The molecule has 1 aromatic heterocycles. The molecule has 0 aliphatic rings. The van der Waals surface area contributed by atoms with Crippen molar-refractivity contribution in [3.63, 3.8) is 0 Å². The van der Waals surface area contributed by atoms with Crippen LogP contribution in [0.2, 0.25) is 0 Å². The van der Waals surface area contributed by atoms with Crippen LogP contribution in [-0.2, 0) is 6.54 Å². The zero-order valence-electron chi connectivity index (χ0n) is 14.7. The van der Waals surface area contributed by atoms with Gasteiger partial charge in [-0.2, -0.15) is 0 Å². The van der Waals surface area contributed by atoms with E-state index in [-0.39, 0.29) is 23.6 Å². The molecule has 0 saturated carbocycles. The molecule has 0 bridgehead atoms. The first-order chi connectivity index (χ1) is 12.0. The molecular formula is C19H23N3O3. The number of hydrogen-bond donors (Lipinski definition) is 2. The molecule has 6 heteroatoms. The van der Waals surface area contributed by atoms with Gasteiger partial charge in [0.05, 0.1) is 7.11 Å². The van der Waals surface area contributed by atoms with Crippen molar-refractivity contribution < 1.29 is 14.3 Å². The predicted octanol–water partition coefficient (Wildman–Crippen LogP) is 2.55. The average Bonchev–Trinajstić information content (AvgIpc) is 2.66. The number of nitrogens with one attached hydrogen (secondary N) is 2. The molecule has 1 aromatic carbocycles. The first-order valence-electron chi connectivity index (χ1n) is 8.22. The van der Waals surface area contributed by atoms with Gasteiger partial charge in [0.25, 0.3) is 11.8 Å². The van der Waals surface area contributed by atoms with Gasteiger partial charge < -0.3 is 15.4 Å². The van der Waals surface area contributed by atoms with Crippen molar-refractivity contribution in [2.24, 2.45) is 0 Å². The van der Waals surface area contributed by atoms with Gasteiger partial charge in [0.1, 0.15) is 11.4 Å². The molecule has 0 aliphatic heterocycles. The molecule has 0 radical (unpaired) electrons. The lowest BCUT2D eigenvalue weighted by molar-refractivity contribution is 0.0934. The zero-order chi connectivity index (χ0) is 18.2. The summed E-state index contributed by atoms with van der Waals surface area (Å²) in [5.74, 6) is 0.158. The van der Waals surface area contributed by atoms with Crippen LogP contribution in [0.5, 0.6) is 5.75 Å². The van der Waals surface area contributed by atoms with Crippen molar-refractivity contribution >= 4 is 11.8 Å². The topological polar surface area (TPSA) is 80.3 Å². The van der Waals surface area contributed by atoms with E-state index in [1.807, 2.05) is 38.1 Å². The van der Waals surface area contributed by atoms with Crippen LogP contribution in [0.15, 0.2) is 42.6 Å². The van der Waals surface area contributed by atoms with Crippen molar-refractivity contribution in [2.75, 3.05) is 7.11 Å². The van der Waals surface area contributed by atoms with Crippen molar-refractivity contribution in [3.8, 4) is 5.75 Å². The van der Waals surface area contributed by atoms with Gasteiger partial charge in [-0.15, -0.1) is 0 Å². The van der Waals surface area contributed by atoms with Crippen LogP contribution in [0.1, 0.15) is 46.7 Å². The van der Waals surface area contributed by atoms with Gasteiger partial charge in [-0.3, -0.25) is 14.6 Å². The van der Waals surface area contributed by atoms with E-state index in [9.17, 15) is 9.59 Å². The number of benzene rings is 1. The minimum absolute atomic E-state index is 0.0531. The lowest BCUT2D eigenvalue weighted by Gasteiger charge is -2.12. The van der Waals surface area contributed by atoms with E-state index in [1.54, 1.807) is 13.2 Å². The van der Waals surface area contributed by atoms with Crippen molar-refractivity contribution in [3.05, 3.63) is 59.4 Å². The van der Waals surface area contributed by atoms with Crippen LogP contribution < -0.4 is 15.4 Å². The van der Waals surface area contributed by atoms with E-state index >= 15 is 0 Å². The molecule has 0 aliphatic carbocycles. The molecule has 1 atom stereocenters. The maximum absolute atomic E-state index is 12.4. The Hall–Kier alpha value is -2.89. The number of ether oxygens (including phenoxy) is 1. The van der Waals surface area contributed by atoms with Gasteiger partial charge in [0.15, 0.2) is 0 Å². The smallest absolute Gasteiger partial charge is 0.270 e. The second-order valence-electron chi connectivity index (χ2n) is 5.71. The number of nitrogens with zero attached hydrogens (tertiary/aromatic N) is 1. The molecule has 6 nitrogen and oxygen atoms in total. The Morgan fingerprint density at radius 2 is 1.96 bits per heavy atom. The number of methoxy groups -OCH3 is 1. The van der Waals surface area contributed by atoms with Crippen LogP contribution in [0, 0.1) is 0 Å². The molecule has 0 spiro atoms. The molecular weight excluding hydrogens is 318 g/mol. The first-order valence-corrected chi connectivity index (χ1v) is 8.22. The Morgan fingerprint density at radius 1 is 1.20 bits per heavy atom. The van der Waals surface area contributed by atoms with Gasteiger partial charge in [-0.1, -0.05) is 25.1 Å². The number of aromatic nitrogens is 1. The maximum Gasteiger partial charge on any atom is 0.270 e. The lowest BCUT2D eigenvalue weighted by Crippen LogP contribution is -2.32. The number of rotatable bonds is 7. The van der Waals surface area contributed by atoms with E-state index < -0.39 is 0 Å². The second kappa shape index (κ2) is 8.82. The number of carbonyl (C=O) groups excluding carboxylic acids is 2. The van der Waals surface area contributed by atoms with E-state index in [2.05, 4.69) is 15.6 Å². The van der Waals surface area contributed by atoms with Gasteiger partial charge >= 0.3 is 0 Å². The quantitative estimate of drug-likeness (QED) is 0.811. The minimum atomic E-state index is -0.284. The Morgan fingerprint density at radius 3 is 2.68 bits per heavy atom. The average molecular weight is 341 g/mol. The van der Waals surface area contributed by atoms with E-state index in [0.717, 1.165) is 12.0 Å². The Balaban J connectivity index is 2.04. The van der Waals surface area contributed by atoms with Gasteiger partial charge in [-0.25, -0.2) is 0 Å². The normalized spacial score (nSPS) is 11.5. The standard InChI is InChI=1S/C19H23N3O3/c1-4-13(2)22-19(24)16-11-14(9-10-20-16)18(23)21-12-15-7-5-6-8-17(15)25-3/h5-11,13H,4,12H2,1-3H3,(H,21,23)(H,22,24). The molecule has 2 rings (SSSR count). The summed E-state index contributed by atoms with van der Waals surface area (Å²) in [6, 6.07) is 10.6. The van der Waals surface area contributed by atoms with Crippen molar-refractivity contribution in [1.82, 2.24) is 15.6 Å². The number of pyridine rings is 1. The molecule has 2 N–H and O–H groups in total.